The Morgan fingerprint density at radius 2 is 2.03 bits per heavy atom. The highest BCUT2D eigenvalue weighted by atomic mass is 35.5. The van der Waals surface area contributed by atoms with Crippen LogP contribution in [0.15, 0.2) is 35.6 Å². The minimum atomic E-state index is -0.757. The van der Waals surface area contributed by atoms with E-state index in [1.165, 1.54) is 25.1 Å². The number of methoxy groups -OCH3 is 1. The van der Waals surface area contributed by atoms with Gasteiger partial charge in [-0.2, -0.15) is 11.8 Å². The third-order valence-electron chi connectivity index (χ3n) is 3.97. The van der Waals surface area contributed by atoms with Gasteiger partial charge in [0.2, 0.25) is 5.91 Å². The number of ether oxygens (including phenoxy) is 1. The second kappa shape index (κ2) is 12.7. The molecule has 2 amide bonds. The molecule has 1 aromatic carbocycles. The van der Waals surface area contributed by atoms with Crippen molar-refractivity contribution in [3.63, 3.8) is 0 Å². The van der Waals surface area contributed by atoms with Crippen molar-refractivity contribution in [1.29, 1.82) is 0 Å². The van der Waals surface area contributed by atoms with E-state index >= 15 is 0 Å². The number of thioether (sulfide) groups is 2. The number of anilines is 1. The fraction of sp³-hybridized carbons (Fsp3) is 0.400. The molecule has 1 heterocycles. The van der Waals surface area contributed by atoms with Gasteiger partial charge in [-0.3, -0.25) is 9.59 Å². The summed E-state index contributed by atoms with van der Waals surface area (Å²) in [7, 11) is 1.53. The summed E-state index contributed by atoms with van der Waals surface area (Å²) < 4.78 is 5.28. The summed E-state index contributed by atoms with van der Waals surface area (Å²) in [5, 5.41) is 6.20. The van der Waals surface area contributed by atoms with Gasteiger partial charge in [0.05, 0.1) is 24.0 Å². The van der Waals surface area contributed by atoms with Crippen LogP contribution in [0.4, 0.5) is 5.69 Å². The van der Waals surface area contributed by atoms with E-state index in [4.69, 9.17) is 16.3 Å². The quantitative estimate of drug-likeness (QED) is 0.378. The van der Waals surface area contributed by atoms with Crippen LogP contribution in [0.3, 0.4) is 0 Å². The Labute approximate surface area is 190 Å². The van der Waals surface area contributed by atoms with Gasteiger partial charge in [-0.15, -0.1) is 0 Å². The predicted molar refractivity (Wildman–Crippen MR) is 124 cm³/mol. The lowest BCUT2D eigenvalue weighted by molar-refractivity contribution is -0.118. The molecular formula is C20H25ClN4O3S2. The Morgan fingerprint density at radius 3 is 2.73 bits per heavy atom. The first-order chi connectivity index (χ1) is 14.5. The molecule has 7 nitrogen and oxygen atoms in total. The Balaban J connectivity index is 2.17. The average molecular weight is 469 g/mol. The van der Waals surface area contributed by atoms with E-state index in [9.17, 15) is 9.59 Å². The van der Waals surface area contributed by atoms with Crippen LogP contribution in [0, 0.1) is 0 Å². The topological polar surface area (TPSA) is 93.2 Å². The summed E-state index contributed by atoms with van der Waals surface area (Å²) in [4.78, 5) is 34.1. The van der Waals surface area contributed by atoms with Crippen molar-refractivity contribution in [3.05, 3.63) is 41.2 Å². The molecule has 0 aliphatic rings. The zero-order valence-electron chi connectivity index (χ0n) is 17.1. The second-order valence-corrected chi connectivity index (χ2v) is 8.65. The SMILES string of the molecule is CCCSc1ncc(Cl)c(C(=O)NC(CCSC)C(=O)Nc2ccccc2OC)n1. The summed E-state index contributed by atoms with van der Waals surface area (Å²) >= 11 is 9.18. The third kappa shape index (κ3) is 7.07. The van der Waals surface area contributed by atoms with E-state index in [1.807, 2.05) is 19.2 Å². The summed E-state index contributed by atoms with van der Waals surface area (Å²) in [5.41, 5.74) is 0.594. The van der Waals surface area contributed by atoms with Crippen molar-refractivity contribution in [3.8, 4) is 5.75 Å². The van der Waals surface area contributed by atoms with Gasteiger partial charge < -0.3 is 15.4 Å². The van der Waals surface area contributed by atoms with Gasteiger partial charge in [-0.05, 0) is 37.0 Å². The van der Waals surface area contributed by atoms with E-state index < -0.39 is 11.9 Å². The van der Waals surface area contributed by atoms with Gasteiger partial charge in [0.1, 0.15) is 11.8 Å². The highest BCUT2D eigenvalue weighted by Crippen LogP contribution is 2.24. The zero-order chi connectivity index (χ0) is 21.9. The lowest BCUT2D eigenvalue weighted by Crippen LogP contribution is -2.44. The maximum atomic E-state index is 12.9. The van der Waals surface area contributed by atoms with Gasteiger partial charge in [-0.1, -0.05) is 42.4 Å². The summed E-state index contributed by atoms with van der Waals surface area (Å²) in [6.45, 7) is 2.05. The third-order valence-corrected chi connectivity index (χ3v) is 5.96. The zero-order valence-corrected chi connectivity index (χ0v) is 19.5. The van der Waals surface area contributed by atoms with Crippen LogP contribution in [0.2, 0.25) is 5.02 Å². The van der Waals surface area contributed by atoms with Crippen LogP contribution >= 0.6 is 35.1 Å². The van der Waals surface area contributed by atoms with Crippen molar-refractivity contribution in [1.82, 2.24) is 15.3 Å². The normalized spacial score (nSPS) is 11.6. The first-order valence-electron chi connectivity index (χ1n) is 9.39. The van der Waals surface area contributed by atoms with Crippen LogP contribution in [0.5, 0.6) is 5.75 Å². The highest BCUT2D eigenvalue weighted by molar-refractivity contribution is 7.99. The van der Waals surface area contributed by atoms with Crippen LogP contribution in [0.25, 0.3) is 0 Å². The molecule has 0 aliphatic heterocycles. The smallest absolute Gasteiger partial charge is 0.272 e. The molecule has 0 saturated carbocycles. The Bertz CT molecular complexity index is 870. The molecule has 10 heteroatoms. The van der Waals surface area contributed by atoms with E-state index in [-0.39, 0.29) is 16.6 Å². The number of amides is 2. The first-order valence-corrected chi connectivity index (χ1v) is 12.1. The van der Waals surface area contributed by atoms with Gasteiger partial charge in [0, 0.05) is 5.75 Å². The minimum Gasteiger partial charge on any atom is -0.495 e. The average Bonchev–Trinajstić information content (AvgIpc) is 2.76. The van der Waals surface area contributed by atoms with E-state index in [0.29, 0.717) is 28.8 Å². The highest BCUT2D eigenvalue weighted by Gasteiger charge is 2.24. The number of hydrogen-bond acceptors (Lipinski definition) is 7. The molecule has 2 aromatic rings. The summed E-state index contributed by atoms with van der Waals surface area (Å²) in [6.07, 6.45) is 4.76. The number of carbonyl (C=O) groups excluding carboxylic acids is 2. The molecule has 1 atom stereocenters. The maximum Gasteiger partial charge on any atom is 0.272 e. The molecule has 162 valence electrons. The second-order valence-electron chi connectivity index (χ2n) is 6.19. The molecule has 0 bridgehead atoms. The van der Waals surface area contributed by atoms with Crippen molar-refractivity contribution in [2.45, 2.75) is 31.0 Å². The van der Waals surface area contributed by atoms with Gasteiger partial charge in [0.15, 0.2) is 10.9 Å². The van der Waals surface area contributed by atoms with E-state index in [1.54, 1.807) is 30.0 Å². The van der Waals surface area contributed by atoms with Gasteiger partial charge in [-0.25, -0.2) is 9.97 Å². The summed E-state index contributed by atoms with van der Waals surface area (Å²) in [6, 6.07) is 6.34. The van der Waals surface area contributed by atoms with Crippen LogP contribution in [-0.4, -0.2) is 52.7 Å². The largest absolute Gasteiger partial charge is 0.495 e. The lowest BCUT2D eigenvalue weighted by atomic mass is 10.2. The number of hydrogen-bond donors (Lipinski definition) is 2. The van der Waals surface area contributed by atoms with Gasteiger partial charge in [0.25, 0.3) is 5.91 Å². The van der Waals surface area contributed by atoms with E-state index in [2.05, 4.69) is 20.6 Å². The first kappa shape index (κ1) is 24.3. The van der Waals surface area contributed by atoms with Crippen molar-refractivity contribution >= 4 is 52.6 Å². The summed E-state index contributed by atoms with van der Waals surface area (Å²) in [5.74, 6) is 1.21. The van der Waals surface area contributed by atoms with E-state index in [0.717, 1.165) is 12.2 Å². The number of aromatic nitrogens is 2. The number of benzene rings is 1. The number of carbonyl (C=O) groups is 2. The Kier molecular flexibility index (Phi) is 10.3. The number of halogens is 1. The molecule has 0 aliphatic carbocycles. The monoisotopic (exact) mass is 468 g/mol. The predicted octanol–water partition coefficient (Wildman–Crippen LogP) is 4.13. The molecular weight excluding hydrogens is 444 g/mol. The molecule has 2 N–H and O–H groups in total. The molecule has 0 spiro atoms. The van der Waals surface area contributed by atoms with Crippen LogP contribution < -0.4 is 15.4 Å². The molecule has 30 heavy (non-hydrogen) atoms. The van der Waals surface area contributed by atoms with Crippen LogP contribution in [-0.2, 0) is 4.79 Å². The maximum absolute atomic E-state index is 12.9. The number of nitrogens with one attached hydrogen (secondary N) is 2. The minimum absolute atomic E-state index is 0.0597. The van der Waals surface area contributed by atoms with Gasteiger partial charge >= 0.3 is 0 Å². The van der Waals surface area contributed by atoms with Crippen LogP contribution in [0.1, 0.15) is 30.3 Å². The molecule has 0 saturated heterocycles. The fourth-order valence-electron chi connectivity index (χ4n) is 2.47. The Hall–Kier alpha value is -1.97. The number of rotatable bonds is 11. The number of para-hydroxylation sites is 2. The molecule has 2 rings (SSSR count). The van der Waals surface area contributed by atoms with Crippen molar-refractivity contribution < 1.29 is 14.3 Å². The lowest BCUT2D eigenvalue weighted by Gasteiger charge is -2.19. The molecule has 0 fully saturated rings. The van der Waals surface area contributed by atoms with Crippen molar-refractivity contribution in [2.75, 3.05) is 30.2 Å². The Morgan fingerprint density at radius 1 is 1.27 bits per heavy atom. The standard InChI is InChI=1S/C20H25ClN4O3S2/c1-4-10-30-20-22-12-13(21)17(25-20)19(27)24-15(9-11-29-3)18(26)23-14-7-5-6-8-16(14)28-2/h5-8,12,15H,4,9-11H2,1-3H3,(H,23,26)(H,24,27). The molecule has 1 aromatic heterocycles. The fourth-order valence-corrected chi connectivity index (χ4v) is 3.79. The molecule has 1 unspecified atom stereocenters. The molecule has 0 radical (unpaired) electrons. The van der Waals surface area contributed by atoms with Crippen molar-refractivity contribution in [2.24, 2.45) is 0 Å². The number of nitrogens with zero attached hydrogens (tertiary/aromatic N) is 2.